The maximum absolute atomic E-state index is 12.1. The number of aryl methyl sites for hydroxylation is 1. The molecule has 0 bridgehead atoms. The van der Waals surface area contributed by atoms with Crippen LogP contribution in [0.1, 0.15) is 29.9 Å². The minimum Gasteiger partial charge on any atom is -0.481 e. The summed E-state index contributed by atoms with van der Waals surface area (Å²) >= 11 is 1.40. The normalized spacial score (nSPS) is 11.2. The molecular formula is C16H18N2O3S. The molecule has 0 aliphatic rings. The van der Waals surface area contributed by atoms with E-state index in [0.717, 1.165) is 16.1 Å². The molecule has 2 rings (SSSR count). The molecule has 22 heavy (non-hydrogen) atoms. The summed E-state index contributed by atoms with van der Waals surface area (Å²) in [5, 5.41) is 14.1. The van der Waals surface area contributed by atoms with Crippen LogP contribution in [-0.4, -0.2) is 28.5 Å². The third-order valence-corrected chi connectivity index (χ3v) is 4.26. The SMILES string of the molecule is Cc1ccccc1-c1nc(C(=O)NCC(C)(C)C(=O)O)cs1. The van der Waals surface area contributed by atoms with Crippen molar-refractivity contribution in [3.05, 3.63) is 40.9 Å². The van der Waals surface area contributed by atoms with Crippen molar-refractivity contribution in [2.45, 2.75) is 20.8 Å². The van der Waals surface area contributed by atoms with Gasteiger partial charge in [-0.1, -0.05) is 24.3 Å². The average Bonchev–Trinajstić information content (AvgIpc) is 2.95. The van der Waals surface area contributed by atoms with Crippen LogP contribution < -0.4 is 5.32 Å². The number of carboxylic acid groups (broad SMARTS) is 1. The van der Waals surface area contributed by atoms with Gasteiger partial charge in [0.25, 0.3) is 5.91 Å². The summed E-state index contributed by atoms with van der Waals surface area (Å²) in [6, 6.07) is 7.84. The second-order valence-corrected chi connectivity index (χ2v) is 6.58. The van der Waals surface area contributed by atoms with Crippen LogP contribution in [0.25, 0.3) is 10.6 Å². The third kappa shape index (κ3) is 3.51. The Bertz CT molecular complexity index is 707. The number of carboxylic acids is 1. The van der Waals surface area contributed by atoms with E-state index in [-0.39, 0.29) is 12.5 Å². The zero-order valence-corrected chi connectivity index (χ0v) is 13.5. The van der Waals surface area contributed by atoms with Crippen LogP contribution in [0.15, 0.2) is 29.6 Å². The highest BCUT2D eigenvalue weighted by Gasteiger charge is 2.28. The van der Waals surface area contributed by atoms with E-state index in [9.17, 15) is 9.59 Å². The average molecular weight is 318 g/mol. The second-order valence-electron chi connectivity index (χ2n) is 5.72. The molecule has 0 spiro atoms. The van der Waals surface area contributed by atoms with E-state index in [2.05, 4.69) is 10.3 Å². The van der Waals surface area contributed by atoms with Crippen LogP contribution in [0.3, 0.4) is 0 Å². The minimum absolute atomic E-state index is 0.0540. The maximum atomic E-state index is 12.1. The number of carbonyl (C=O) groups is 2. The smallest absolute Gasteiger partial charge is 0.310 e. The predicted octanol–water partition coefficient (Wildman–Crippen LogP) is 2.96. The van der Waals surface area contributed by atoms with Crippen molar-refractivity contribution >= 4 is 23.2 Å². The molecule has 6 heteroatoms. The fraction of sp³-hybridized carbons (Fsp3) is 0.312. The quantitative estimate of drug-likeness (QED) is 0.888. The van der Waals surface area contributed by atoms with E-state index in [4.69, 9.17) is 5.11 Å². The highest BCUT2D eigenvalue weighted by atomic mass is 32.1. The van der Waals surface area contributed by atoms with Crippen LogP contribution in [0, 0.1) is 12.3 Å². The van der Waals surface area contributed by atoms with E-state index in [1.165, 1.54) is 11.3 Å². The van der Waals surface area contributed by atoms with Gasteiger partial charge in [0.2, 0.25) is 0 Å². The highest BCUT2D eigenvalue weighted by molar-refractivity contribution is 7.13. The summed E-state index contributed by atoms with van der Waals surface area (Å²) in [7, 11) is 0. The molecule has 0 unspecified atom stereocenters. The molecule has 0 atom stereocenters. The van der Waals surface area contributed by atoms with Gasteiger partial charge < -0.3 is 10.4 Å². The highest BCUT2D eigenvalue weighted by Crippen LogP contribution is 2.26. The fourth-order valence-corrected chi connectivity index (χ4v) is 2.67. The molecule has 116 valence electrons. The molecule has 5 nitrogen and oxygen atoms in total. The van der Waals surface area contributed by atoms with Crippen LogP contribution in [0.2, 0.25) is 0 Å². The molecule has 0 saturated carbocycles. The van der Waals surface area contributed by atoms with Crippen molar-refractivity contribution in [1.82, 2.24) is 10.3 Å². The fourth-order valence-electron chi connectivity index (χ4n) is 1.78. The zero-order valence-electron chi connectivity index (χ0n) is 12.7. The van der Waals surface area contributed by atoms with E-state index in [0.29, 0.717) is 5.69 Å². The molecule has 1 aromatic heterocycles. The van der Waals surface area contributed by atoms with Crippen molar-refractivity contribution in [1.29, 1.82) is 0 Å². The molecule has 2 aromatic rings. The first kappa shape index (κ1) is 16.2. The van der Waals surface area contributed by atoms with E-state index < -0.39 is 11.4 Å². The number of rotatable bonds is 5. The third-order valence-electron chi connectivity index (χ3n) is 3.38. The lowest BCUT2D eigenvalue weighted by atomic mass is 9.94. The lowest BCUT2D eigenvalue weighted by Crippen LogP contribution is -2.39. The molecule has 0 aliphatic heterocycles. The molecule has 0 fully saturated rings. The van der Waals surface area contributed by atoms with E-state index in [1.807, 2.05) is 31.2 Å². The first-order valence-corrected chi connectivity index (χ1v) is 7.72. The molecular weight excluding hydrogens is 300 g/mol. The number of aromatic nitrogens is 1. The number of carbonyl (C=O) groups excluding carboxylic acids is 1. The van der Waals surface area contributed by atoms with E-state index >= 15 is 0 Å². The van der Waals surface area contributed by atoms with Crippen molar-refractivity contribution in [2.75, 3.05) is 6.54 Å². The number of nitrogens with zero attached hydrogens (tertiary/aromatic N) is 1. The van der Waals surface area contributed by atoms with Gasteiger partial charge in [-0.15, -0.1) is 11.3 Å². The lowest BCUT2D eigenvalue weighted by molar-refractivity contribution is -0.146. The summed E-state index contributed by atoms with van der Waals surface area (Å²) in [6.07, 6.45) is 0. The predicted molar refractivity (Wildman–Crippen MR) is 86.0 cm³/mol. The van der Waals surface area contributed by atoms with Crippen LogP contribution >= 0.6 is 11.3 Å². The van der Waals surface area contributed by atoms with Crippen molar-refractivity contribution < 1.29 is 14.7 Å². The molecule has 0 radical (unpaired) electrons. The number of thiazole rings is 1. The van der Waals surface area contributed by atoms with Gasteiger partial charge in [0.05, 0.1) is 5.41 Å². The van der Waals surface area contributed by atoms with Gasteiger partial charge in [0.15, 0.2) is 0 Å². The topological polar surface area (TPSA) is 79.3 Å². The number of hydrogen-bond acceptors (Lipinski definition) is 4. The number of hydrogen-bond donors (Lipinski definition) is 2. The Morgan fingerprint density at radius 3 is 2.64 bits per heavy atom. The van der Waals surface area contributed by atoms with Gasteiger partial charge in [0, 0.05) is 17.5 Å². The summed E-state index contributed by atoms with van der Waals surface area (Å²) < 4.78 is 0. The van der Waals surface area contributed by atoms with Gasteiger partial charge in [-0.05, 0) is 26.3 Å². The van der Waals surface area contributed by atoms with Gasteiger partial charge in [-0.2, -0.15) is 0 Å². The summed E-state index contributed by atoms with van der Waals surface area (Å²) in [6.45, 7) is 5.18. The van der Waals surface area contributed by atoms with Gasteiger partial charge in [0.1, 0.15) is 10.7 Å². The van der Waals surface area contributed by atoms with Gasteiger partial charge >= 0.3 is 5.97 Å². The number of benzene rings is 1. The Hall–Kier alpha value is -2.21. The summed E-state index contributed by atoms with van der Waals surface area (Å²) in [5.41, 5.74) is 1.39. The Labute approximate surface area is 133 Å². The van der Waals surface area contributed by atoms with Crippen LogP contribution in [-0.2, 0) is 4.79 Å². The number of nitrogens with one attached hydrogen (secondary N) is 1. The largest absolute Gasteiger partial charge is 0.481 e. The Morgan fingerprint density at radius 1 is 1.32 bits per heavy atom. The molecule has 2 N–H and O–H groups in total. The van der Waals surface area contributed by atoms with Crippen LogP contribution in [0.5, 0.6) is 0 Å². The summed E-state index contributed by atoms with van der Waals surface area (Å²) in [5.74, 6) is -1.31. The minimum atomic E-state index is -1.01. The monoisotopic (exact) mass is 318 g/mol. The second kappa shape index (κ2) is 6.27. The van der Waals surface area contributed by atoms with Gasteiger partial charge in [-0.25, -0.2) is 4.98 Å². The molecule has 1 amide bonds. The van der Waals surface area contributed by atoms with Crippen molar-refractivity contribution in [2.24, 2.45) is 5.41 Å². The van der Waals surface area contributed by atoms with Gasteiger partial charge in [-0.3, -0.25) is 9.59 Å². The maximum Gasteiger partial charge on any atom is 0.310 e. The summed E-state index contributed by atoms with van der Waals surface area (Å²) in [4.78, 5) is 27.5. The first-order chi connectivity index (χ1) is 10.3. The Balaban J connectivity index is 2.10. The number of amides is 1. The number of aliphatic carboxylic acids is 1. The van der Waals surface area contributed by atoms with E-state index in [1.54, 1.807) is 19.2 Å². The van der Waals surface area contributed by atoms with Crippen molar-refractivity contribution in [3.63, 3.8) is 0 Å². The lowest BCUT2D eigenvalue weighted by Gasteiger charge is -2.18. The molecule has 0 aliphatic carbocycles. The molecule has 0 saturated heterocycles. The molecule has 1 aromatic carbocycles. The standard InChI is InChI=1S/C16H18N2O3S/c1-10-6-4-5-7-11(10)14-18-12(8-22-14)13(19)17-9-16(2,3)15(20)21/h4-8H,9H2,1-3H3,(H,17,19)(H,20,21). The first-order valence-electron chi connectivity index (χ1n) is 6.84. The van der Waals surface area contributed by atoms with Crippen LogP contribution in [0.4, 0.5) is 0 Å². The Kier molecular flexibility index (Phi) is 4.61. The Morgan fingerprint density at radius 2 is 2.00 bits per heavy atom. The molecule has 1 heterocycles. The zero-order chi connectivity index (χ0) is 16.3. The van der Waals surface area contributed by atoms with Crippen molar-refractivity contribution in [3.8, 4) is 10.6 Å².